The lowest BCUT2D eigenvalue weighted by atomic mass is 10.0. The average molecular weight is 1170 g/mol. The van der Waals surface area contributed by atoms with E-state index in [0.717, 1.165) is 44.9 Å². The Hall–Kier alpha value is -1.92. The van der Waals surface area contributed by atoms with Crippen LogP contribution in [0, 0.1) is 0 Å². The molecule has 490 valence electrons. The van der Waals surface area contributed by atoms with E-state index >= 15 is 0 Å². The molecule has 0 aliphatic heterocycles. The fourth-order valence-corrected chi connectivity index (χ4v) is 11.9. The molecule has 0 radical (unpaired) electrons. The zero-order valence-corrected chi connectivity index (χ0v) is 56.2. The number of hydrogen-bond acceptors (Lipinski definition) is 5. The SMILES string of the molecule is CCCCCCCC/C=C\CCCCCCCC(=O)OCCCCCCCCCCCCCCCCCCCC/C=C\CCCCCCCCCCCCCCCCCCCC(=O)NC(CO)C(O)/C=C/CCCCCCCCCCCC. The van der Waals surface area contributed by atoms with Crippen LogP contribution in [-0.2, 0) is 14.3 Å². The Morgan fingerprint density at radius 2 is 0.566 bits per heavy atom. The molecule has 2 atom stereocenters. The van der Waals surface area contributed by atoms with Gasteiger partial charge in [-0.2, -0.15) is 0 Å². The van der Waals surface area contributed by atoms with Crippen LogP contribution in [0.4, 0.5) is 0 Å². The van der Waals surface area contributed by atoms with Crippen molar-refractivity contribution in [3.05, 3.63) is 36.5 Å². The van der Waals surface area contributed by atoms with E-state index in [1.165, 1.54) is 347 Å². The normalized spacial score (nSPS) is 12.7. The van der Waals surface area contributed by atoms with Gasteiger partial charge in [0.05, 0.1) is 25.4 Å². The van der Waals surface area contributed by atoms with Gasteiger partial charge in [0.25, 0.3) is 0 Å². The zero-order valence-electron chi connectivity index (χ0n) is 56.2. The number of amides is 1. The van der Waals surface area contributed by atoms with Gasteiger partial charge >= 0.3 is 5.97 Å². The molecule has 0 saturated carbocycles. The Morgan fingerprint density at radius 1 is 0.325 bits per heavy atom. The van der Waals surface area contributed by atoms with E-state index in [-0.39, 0.29) is 18.5 Å². The van der Waals surface area contributed by atoms with Gasteiger partial charge in [-0.1, -0.05) is 359 Å². The highest BCUT2D eigenvalue weighted by atomic mass is 16.5. The van der Waals surface area contributed by atoms with Crippen LogP contribution in [-0.4, -0.2) is 47.4 Å². The number of allylic oxidation sites excluding steroid dienone is 5. The van der Waals surface area contributed by atoms with Gasteiger partial charge < -0.3 is 20.3 Å². The zero-order chi connectivity index (χ0) is 59.9. The lowest BCUT2D eigenvalue weighted by Crippen LogP contribution is -2.45. The summed E-state index contributed by atoms with van der Waals surface area (Å²) >= 11 is 0. The highest BCUT2D eigenvalue weighted by Crippen LogP contribution is 2.19. The van der Waals surface area contributed by atoms with Crippen LogP contribution in [0.1, 0.15) is 418 Å². The molecule has 3 N–H and O–H groups in total. The van der Waals surface area contributed by atoms with E-state index in [0.29, 0.717) is 19.4 Å². The Kier molecular flexibility index (Phi) is 70.9. The van der Waals surface area contributed by atoms with Gasteiger partial charge in [-0.05, 0) is 83.5 Å². The standard InChI is InChI=1S/C77H147NO5/c1-3-5-7-9-11-13-15-17-43-47-51-55-59-63-67-71-77(82)83-72-68-64-60-56-52-48-45-42-40-38-36-34-32-30-28-26-24-22-20-18-19-21-23-25-27-29-31-33-35-37-39-41-44-46-50-54-58-62-66-70-76(81)78-74(73-79)75(80)69-65-61-57-53-49-16-14-12-10-8-6-4-2/h17-19,43,65,69,74-75,79-80H,3-16,20-42,44-64,66-68,70-73H2,1-2H3,(H,78,81)/b19-18-,43-17-,69-65+. The third-order valence-electron chi connectivity index (χ3n) is 17.6. The molecule has 0 heterocycles. The molecule has 0 aromatic carbocycles. The molecule has 0 aliphatic carbocycles. The maximum atomic E-state index is 12.5. The van der Waals surface area contributed by atoms with Crippen LogP contribution in [0.25, 0.3) is 0 Å². The van der Waals surface area contributed by atoms with E-state index in [1.807, 2.05) is 6.08 Å². The Labute approximate surface area is 519 Å². The Morgan fingerprint density at radius 3 is 0.855 bits per heavy atom. The second-order valence-electron chi connectivity index (χ2n) is 26.0. The van der Waals surface area contributed by atoms with Crippen molar-refractivity contribution in [3.63, 3.8) is 0 Å². The minimum Gasteiger partial charge on any atom is -0.466 e. The summed E-state index contributed by atoms with van der Waals surface area (Å²) in [5.74, 6) is -0.0479. The van der Waals surface area contributed by atoms with Crippen molar-refractivity contribution in [2.45, 2.75) is 431 Å². The second-order valence-corrected chi connectivity index (χ2v) is 26.0. The summed E-state index contributed by atoms with van der Waals surface area (Å²) in [5.41, 5.74) is 0. The molecule has 6 nitrogen and oxygen atoms in total. The van der Waals surface area contributed by atoms with Gasteiger partial charge in [0.15, 0.2) is 0 Å². The van der Waals surface area contributed by atoms with E-state index in [4.69, 9.17) is 4.74 Å². The first-order chi connectivity index (χ1) is 41.0. The number of hydrogen-bond donors (Lipinski definition) is 3. The molecule has 0 spiro atoms. The highest BCUT2D eigenvalue weighted by molar-refractivity contribution is 5.76. The van der Waals surface area contributed by atoms with Gasteiger partial charge in [-0.15, -0.1) is 0 Å². The number of aliphatic hydroxyl groups excluding tert-OH is 2. The second kappa shape index (κ2) is 72.6. The number of carbonyl (C=O) groups is 2. The molecule has 0 fully saturated rings. The molecule has 1 amide bonds. The molecule has 0 aromatic heterocycles. The van der Waals surface area contributed by atoms with Crippen LogP contribution in [0.5, 0.6) is 0 Å². The van der Waals surface area contributed by atoms with Gasteiger partial charge in [0, 0.05) is 12.8 Å². The molecule has 6 heteroatoms. The average Bonchev–Trinajstić information content (AvgIpc) is 3.49. The van der Waals surface area contributed by atoms with Crippen LogP contribution >= 0.6 is 0 Å². The number of unbranched alkanes of at least 4 members (excludes halogenated alkanes) is 56. The number of carbonyl (C=O) groups excluding carboxylic acids is 2. The van der Waals surface area contributed by atoms with Crippen LogP contribution in [0.3, 0.4) is 0 Å². The first-order valence-corrected chi connectivity index (χ1v) is 37.8. The van der Waals surface area contributed by atoms with E-state index < -0.39 is 12.1 Å². The maximum Gasteiger partial charge on any atom is 0.305 e. The Bertz CT molecular complexity index is 1340. The largest absolute Gasteiger partial charge is 0.466 e. The minimum absolute atomic E-state index is 0.0148. The molecule has 0 aromatic rings. The number of nitrogens with one attached hydrogen (secondary N) is 1. The maximum absolute atomic E-state index is 12.5. The molecular weight excluding hydrogens is 1020 g/mol. The van der Waals surface area contributed by atoms with Gasteiger partial charge in [0.1, 0.15) is 0 Å². The van der Waals surface area contributed by atoms with Gasteiger partial charge in [-0.25, -0.2) is 0 Å². The molecule has 2 unspecified atom stereocenters. The first-order valence-electron chi connectivity index (χ1n) is 37.8. The predicted octanol–water partition coefficient (Wildman–Crippen LogP) is 24.7. The topological polar surface area (TPSA) is 95.9 Å². The fraction of sp³-hybridized carbons (Fsp3) is 0.896. The molecular formula is C77H147NO5. The molecule has 0 saturated heterocycles. The highest BCUT2D eigenvalue weighted by Gasteiger charge is 2.18. The van der Waals surface area contributed by atoms with Gasteiger partial charge in [0.2, 0.25) is 5.91 Å². The summed E-state index contributed by atoms with van der Waals surface area (Å²) in [7, 11) is 0. The number of esters is 1. The van der Waals surface area contributed by atoms with Crippen molar-refractivity contribution in [2.24, 2.45) is 0 Å². The third-order valence-corrected chi connectivity index (χ3v) is 17.6. The van der Waals surface area contributed by atoms with Crippen molar-refractivity contribution in [3.8, 4) is 0 Å². The summed E-state index contributed by atoms with van der Waals surface area (Å²) in [6.45, 7) is 4.92. The summed E-state index contributed by atoms with van der Waals surface area (Å²) in [6, 6.07) is -0.623. The monoisotopic (exact) mass is 1170 g/mol. The summed E-state index contributed by atoms with van der Waals surface area (Å²) in [4.78, 5) is 24.5. The number of rotatable bonds is 71. The third kappa shape index (κ3) is 69.1. The van der Waals surface area contributed by atoms with Crippen molar-refractivity contribution >= 4 is 11.9 Å². The van der Waals surface area contributed by atoms with Crippen molar-refractivity contribution in [1.29, 1.82) is 0 Å². The van der Waals surface area contributed by atoms with Gasteiger partial charge in [-0.3, -0.25) is 9.59 Å². The van der Waals surface area contributed by atoms with E-state index in [9.17, 15) is 19.8 Å². The number of ether oxygens (including phenoxy) is 1. The predicted molar refractivity (Wildman–Crippen MR) is 366 cm³/mol. The number of aliphatic hydroxyl groups is 2. The van der Waals surface area contributed by atoms with Crippen LogP contribution in [0.15, 0.2) is 36.5 Å². The first kappa shape index (κ1) is 81.1. The molecule has 0 bridgehead atoms. The van der Waals surface area contributed by atoms with Crippen molar-refractivity contribution < 1.29 is 24.5 Å². The van der Waals surface area contributed by atoms with Crippen molar-refractivity contribution in [2.75, 3.05) is 13.2 Å². The summed E-state index contributed by atoms with van der Waals surface area (Å²) < 4.78 is 5.50. The molecule has 0 aliphatic rings. The van der Waals surface area contributed by atoms with E-state index in [2.05, 4.69) is 43.5 Å². The lowest BCUT2D eigenvalue weighted by Gasteiger charge is -2.20. The molecule has 0 rings (SSSR count). The quantitative estimate of drug-likeness (QED) is 0.0320. The lowest BCUT2D eigenvalue weighted by molar-refractivity contribution is -0.143. The summed E-state index contributed by atoms with van der Waals surface area (Å²) in [6.07, 6.45) is 94.1. The Balaban J connectivity index is 3.31. The minimum atomic E-state index is -0.840. The molecule has 83 heavy (non-hydrogen) atoms. The fourth-order valence-electron chi connectivity index (χ4n) is 11.9. The smallest absolute Gasteiger partial charge is 0.305 e. The summed E-state index contributed by atoms with van der Waals surface area (Å²) in [5, 5.41) is 23.1. The van der Waals surface area contributed by atoms with Crippen molar-refractivity contribution in [1.82, 2.24) is 5.32 Å². The van der Waals surface area contributed by atoms with Crippen LogP contribution in [0.2, 0.25) is 0 Å². The van der Waals surface area contributed by atoms with E-state index in [1.54, 1.807) is 6.08 Å². The van der Waals surface area contributed by atoms with Crippen LogP contribution < -0.4 is 5.32 Å².